The van der Waals surface area contributed by atoms with Crippen molar-refractivity contribution >= 4 is 23.6 Å². The van der Waals surface area contributed by atoms with Gasteiger partial charge in [0, 0.05) is 23.4 Å². The number of hydrogen-bond donors (Lipinski definition) is 1. The Labute approximate surface area is 205 Å². The predicted octanol–water partition coefficient (Wildman–Crippen LogP) is 5.71. The molecule has 0 radical (unpaired) electrons. The lowest BCUT2D eigenvalue weighted by molar-refractivity contribution is 0.104. The molecule has 1 N–H and O–H groups in total. The minimum absolute atomic E-state index is 0.116. The Balaban J connectivity index is 1.96. The fourth-order valence-corrected chi connectivity index (χ4v) is 3.51. The maximum Gasteiger partial charge on any atom is 0.203 e. The Bertz CT molecular complexity index is 1190. The van der Waals surface area contributed by atoms with Gasteiger partial charge in [0.1, 0.15) is 0 Å². The maximum absolute atomic E-state index is 12.5. The Morgan fingerprint density at radius 3 is 1.91 bits per heavy atom. The van der Waals surface area contributed by atoms with Gasteiger partial charge >= 0.3 is 0 Å². The number of nitrogens with one attached hydrogen (secondary N) is 1. The van der Waals surface area contributed by atoms with E-state index in [-0.39, 0.29) is 5.78 Å². The van der Waals surface area contributed by atoms with Crippen LogP contribution in [0.3, 0.4) is 0 Å². The quantitative estimate of drug-likeness (QED) is 0.216. The van der Waals surface area contributed by atoms with Crippen LogP contribution < -0.4 is 29.0 Å². The number of carbonyl (C=O) groups is 1. The molecule has 0 amide bonds. The van der Waals surface area contributed by atoms with E-state index < -0.39 is 0 Å². The van der Waals surface area contributed by atoms with Gasteiger partial charge < -0.3 is 29.0 Å². The highest BCUT2D eigenvalue weighted by atomic mass is 16.5. The molecule has 0 aliphatic heterocycles. The van der Waals surface area contributed by atoms with E-state index in [1.165, 1.54) is 6.08 Å². The van der Waals surface area contributed by atoms with E-state index in [1.807, 2.05) is 54.6 Å². The molecule has 0 spiro atoms. The average molecular weight is 476 g/mol. The summed E-state index contributed by atoms with van der Waals surface area (Å²) < 4.78 is 27.3. The topological polar surface area (TPSA) is 75.2 Å². The van der Waals surface area contributed by atoms with E-state index in [0.717, 1.165) is 11.1 Å². The smallest absolute Gasteiger partial charge is 0.203 e. The zero-order chi connectivity index (χ0) is 25.2. The fourth-order valence-electron chi connectivity index (χ4n) is 3.51. The van der Waals surface area contributed by atoms with E-state index in [1.54, 1.807) is 53.9 Å². The summed E-state index contributed by atoms with van der Waals surface area (Å²) in [5.41, 5.74) is 2.90. The Kier molecular flexibility index (Phi) is 8.78. The first kappa shape index (κ1) is 25.2. The number of ketones is 1. The number of anilines is 1. The van der Waals surface area contributed by atoms with Crippen LogP contribution in [0.1, 0.15) is 21.5 Å². The van der Waals surface area contributed by atoms with Crippen molar-refractivity contribution in [2.75, 3.05) is 40.9 Å². The first-order chi connectivity index (χ1) is 17.1. The van der Waals surface area contributed by atoms with E-state index in [0.29, 0.717) is 40.0 Å². The third kappa shape index (κ3) is 5.95. The second-order valence-corrected chi connectivity index (χ2v) is 7.27. The van der Waals surface area contributed by atoms with Gasteiger partial charge in [-0.3, -0.25) is 4.79 Å². The van der Waals surface area contributed by atoms with Crippen molar-refractivity contribution in [3.8, 4) is 28.7 Å². The summed E-state index contributed by atoms with van der Waals surface area (Å²) in [5.74, 6) is 2.58. The number of ether oxygens (including phenoxy) is 5. The molecular weight excluding hydrogens is 446 g/mol. The molecule has 3 aromatic carbocycles. The van der Waals surface area contributed by atoms with Crippen molar-refractivity contribution in [3.05, 3.63) is 83.6 Å². The maximum atomic E-state index is 12.5. The van der Waals surface area contributed by atoms with Gasteiger partial charge in [0.2, 0.25) is 5.75 Å². The predicted molar refractivity (Wildman–Crippen MR) is 138 cm³/mol. The van der Waals surface area contributed by atoms with Gasteiger partial charge in [-0.1, -0.05) is 42.5 Å². The molecule has 0 atom stereocenters. The average Bonchev–Trinajstić information content (AvgIpc) is 2.91. The van der Waals surface area contributed by atoms with Gasteiger partial charge in [0.15, 0.2) is 28.8 Å². The lowest BCUT2D eigenvalue weighted by Gasteiger charge is -2.15. The highest BCUT2D eigenvalue weighted by Gasteiger charge is 2.15. The highest BCUT2D eigenvalue weighted by Crippen LogP contribution is 2.40. The molecule has 182 valence electrons. The number of rotatable bonds is 11. The molecule has 35 heavy (non-hydrogen) atoms. The van der Waals surface area contributed by atoms with Crippen LogP contribution in [0.15, 0.2) is 66.9 Å². The van der Waals surface area contributed by atoms with Crippen molar-refractivity contribution in [1.82, 2.24) is 0 Å². The van der Waals surface area contributed by atoms with Crippen LogP contribution in [0.5, 0.6) is 28.7 Å². The van der Waals surface area contributed by atoms with Crippen molar-refractivity contribution < 1.29 is 28.5 Å². The van der Waals surface area contributed by atoms with Gasteiger partial charge in [0.05, 0.1) is 41.2 Å². The normalized spacial score (nSPS) is 10.9. The monoisotopic (exact) mass is 475 g/mol. The Morgan fingerprint density at radius 1 is 0.714 bits per heavy atom. The zero-order valence-electron chi connectivity index (χ0n) is 20.5. The molecule has 0 aromatic heterocycles. The van der Waals surface area contributed by atoms with Crippen LogP contribution in [-0.4, -0.2) is 41.3 Å². The highest BCUT2D eigenvalue weighted by molar-refractivity contribution is 6.04. The largest absolute Gasteiger partial charge is 0.493 e. The van der Waals surface area contributed by atoms with E-state index in [2.05, 4.69) is 5.32 Å². The van der Waals surface area contributed by atoms with Gasteiger partial charge in [0.25, 0.3) is 0 Å². The van der Waals surface area contributed by atoms with Crippen molar-refractivity contribution in [3.63, 3.8) is 0 Å². The Hall–Kier alpha value is -4.39. The number of methoxy groups -OCH3 is 5. The number of allylic oxidation sites excluding steroid dienone is 1. The van der Waals surface area contributed by atoms with Gasteiger partial charge in [-0.25, -0.2) is 0 Å². The summed E-state index contributed by atoms with van der Waals surface area (Å²) in [6.07, 6.45) is 6.89. The molecule has 3 rings (SSSR count). The lowest BCUT2D eigenvalue weighted by atomic mass is 10.1. The first-order valence-corrected chi connectivity index (χ1v) is 10.8. The molecule has 3 aromatic rings. The lowest BCUT2D eigenvalue weighted by Crippen LogP contribution is -2.00. The third-order valence-corrected chi connectivity index (χ3v) is 5.24. The third-order valence-electron chi connectivity index (χ3n) is 5.24. The van der Waals surface area contributed by atoms with Gasteiger partial charge in [-0.15, -0.1) is 0 Å². The first-order valence-electron chi connectivity index (χ1n) is 10.8. The molecule has 7 nitrogen and oxygen atoms in total. The van der Waals surface area contributed by atoms with Crippen LogP contribution in [-0.2, 0) is 0 Å². The summed E-state index contributed by atoms with van der Waals surface area (Å²) >= 11 is 0. The molecule has 0 saturated carbocycles. The zero-order valence-corrected chi connectivity index (χ0v) is 20.5. The molecule has 0 fully saturated rings. The van der Waals surface area contributed by atoms with E-state index in [9.17, 15) is 4.79 Å². The fraction of sp³-hybridized carbons (Fsp3) is 0.179. The van der Waals surface area contributed by atoms with Crippen LogP contribution in [0.2, 0.25) is 0 Å². The molecule has 0 aliphatic carbocycles. The van der Waals surface area contributed by atoms with Crippen molar-refractivity contribution in [2.45, 2.75) is 0 Å². The minimum Gasteiger partial charge on any atom is -0.493 e. The standard InChI is InChI=1S/C28H29NO6/c1-31-23-14-13-21(12-11-19-17-24(32-2)27(34-4)25(18-19)33-3)26(28(23)35-5)29-16-15-22(30)20-9-7-6-8-10-20/h6-18,29H,1-5H3/b12-11-,16-15-. The van der Waals surface area contributed by atoms with Crippen LogP contribution in [0, 0.1) is 0 Å². The molecule has 0 bridgehead atoms. The van der Waals surface area contributed by atoms with E-state index in [4.69, 9.17) is 23.7 Å². The molecule has 7 heteroatoms. The van der Waals surface area contributed by atoms with Crippen LogP contribution >= 0.6 is 0 Å². The number of benzene rings is 3. The van der Waals surface area contributed by atoms with Crippen LogP contribution in [0.25, 0.3) is 12.2 Å². The van der Waals surface area contributed by atoms with E-state index >= 15 is 0 Å². The number of hydrogen-bond acceptors (Lipinski definition) is 7. The summed E-state index contributed by atoms with van der Waals surface area (Å²) in [6, 6.07) is 16.5. The molecule has 0 unspecified atom stereocenters. The molecule has 0 aliphatic rings. The minimum atomic E-state index is -0.116. The summed E-state index contributed by atoms with van der Waals surface area (Å²) in [6.45, 7) is 0. The molecule has 0 heterocycles. The second kappa shape index (κ2) is 12.2. The summed E-state index contributed by atoms with van der Waals surface area (Å²) in [7, 11) is 7.85. The van der Waals surface area contributed by atoms with Crippen molar-refractivity contribution in [2.24, 2.45) is 0 Å². The summed E-state index contributed by atoms with van der Waals surface area (Å²) in [5, 5.41) is 3.18. The second-order valence-electron chi connectivity index (χ2n) is 7.27. The van der Waals surface area contributed by atoms with Gasteiger partial charge in [-0.2, -0.15) is 0 Å². The Morgan fingerprint density at radius 2 is 1.34 bits per heavy atom. The molecule has 0 saturated heterocycles. The molecular formula is C28H29NO6. The van der Waals surface area contributed by atoms with Crippen molar-refractivity contribution in [1.29, 1.82) is 0 Å². The summed E-state index contributed by atoms with van der Waals surface area (Å²) in [4.78, 5) is 12.5. The van der Waals surface area contributed by atoms with Crippen LogP contribution in [0.4, 0.5) is 5.69 Å². The van der Waals surface area contributed by atoms with Gasteiger partial charge in [-0.05, 0) is 29.8 Å². The SMILES string of the molecule is COc1cc(/C=C\c2ccc(OC)c(OC)c2N/C=C\C(=O)c2ccccc2)cc(OC)c1OC. The number of carbonyl (C=O) groups excluding carboxylic acids is 1.